The first-order valence-electron chi connectivity index (χ1n) is 9.27. The van der Waals surface area contributed by atoms with Gasteiger partial charge in [0.1, 0.15) is 6.54 Å². The van der Waals surface area contributed by atoms with Gasteiger partial charge in [-0.15, -0.1) is 0 Å². The van der Waals surface area contributed by atoms with Crippen molar-refractivity contribution < 1.29 is 4.79 Å². The molecule has 0 radical (unpaired) electrons. The second-order valence-corrected chi connectivity index (χ2v) is 7.08. The van der Waals surface area contributed by atoms with Crippen LogP contribution in [0.3, 0.4) is 0 Å². The number of nitrogens with zero attached hydrogens (tertiary/aromatic N) is 7. The Hall–Kier alpha value is -2.49. The Morgan fingerprint density at radius 1 is 1.27 bits per heavy atom. The number of rotatable bonds is 5. The average Bonchev–Trinajstić information content (AvgIpc) is 3.26. The van der Waals surface area contributed by atoms with Gasteiger partial charge in [0.25, 0.3) is 0 Å². The van der Waals surface area contributed by atoms with Crippen LogP contribution in [0.4, 0.5) is 5.95 Å². The topological polar surface area (TPSA) is 120 Å². The van der Waals surface area contributed by atoms with E-state index in [4.69, 9.17) is 5.73 Å². The van der Waals surface area contributed by atoms with Gasteiger partial charge in [0.15, 0.2) is 0 Å². The van der Waals surface area contributed by atoms with Crippen molar-refractivity contribution in [1.82, 2.24) is 40.2 Å². The zero-order valence-corrected chi connectivity index (χ0v) is 14.8. The average molecular weight is 359 g/mol. The van der Waals surface area contributed by atoms with Gasteiger partial charge in [-0.3, -0.25) is 14.4 Å². The molecule has 1 fully saturated rings. The van der Waals surface area contributed by atoms with Gasteiger partial charge in [0.05, 0.1) is 24.5 Å². The van der Waals surface area contributed by atoms with Crippen molar-refractivity contribution >= 4 is 11.9 Å². The third-order valence-electron chi connectivity index (χ3n) is 5.29. The van der Waals surface area contributed by atoms with Crippen LogP contribution >= 0.6 is 0 Å². The van der Waals surface area contributed by atoms with Crippen LogP contribution in [0.2, 0.25) is 0 Å². The van der Waals surface area contributed by atoms with E-state index < -0.39 is 0 Å². The minimum absolute atomic E-state index is 0.00184. The lowest BCUT2D eigenvalue weighted by atomic mass is 9.94. The molecule has 0 spiro atoms. The molecular weight excluding hydrogens is 334 g/mol. The van der Waals surface area contributed by atoms with E-state index in [1.165, 1.54) is 42.5 Å². The van der Waals surface area contributed by atoms with Gasteiger partial charge in [-0.1, -0.05) is 24.4 Å². The zero-order valence-electron chi connectivity index (χ0n) is 14.8. The van der Waals surface area contributed by atoms with Gasteiger partial charge in [0, 0.05) is 19.1 Å². The van der Waals surface area contributed by atoms with Crippen molar-refractivity contribution in [1.29, 1.82) is 0 Å². The van der Waals surface area contributed by atoms with Crippen LogP contribution in [0.5, 0.6) is 0 Å². The molecule has 4 rings (SSSR count). The number of nitrogens with two attached hydrogens (primary N) is 1. The van der Waals surface area contributed by atoms with Crippen LogP contribution in [0.1, 0.15) is 43.5 Å². The summed E-state index contributed by atoms with van der Waals surface area (Å²) in [6, 6.07) is 2.82. The molecule has 0 aromatic carbocycles. The summed E-state index contributed by atoms with van der Waals surface area (Å²) in [5.74, 6) is -0.0702. The Balaban J connectivity index is 1.31. The minimum Gasteiger partial charge on any atom is -0.367 e. The fraction of sp³-hybridized carbons (Fsp3) is 0.688. The standard InChI is InChI=1S/C16H25N9O/c17-16-19-21-22-25(16)11-15(26)18-9-12-8-14-10-23(6-7-24(14)20-12)13-4-2-1-3-5-13/h8,13H,1-7,9-11H2,(H,18,26)(H2,17,19,22). The molecule has 0 saturated heterocycles. The predicted octanol–water partition coefficient (Wildman–Crippen LogP) is -0.0835. The fourth-order valence-electron chi connectivity index (χ4n) is 3.90. The first-order valence-corrected chi connectivity index (χ1v) is 9.27. The SMILES string of the molecule is Nc1nnnn1CC(=O)NCc1cc2n(n1)CCN(C1CCCCC1)C2. The van der Waals surface area contributed by atoms with E-state index in [0.717, 1.165) is 31.4 Å². The normalized spacial score (nSPS) is 18.6. The lowest BCUT2D eigenvalue weighted by Gasteiger charge is -2.36. The molecule has 2 aromatic rings. The molecule has 1 amide bonds. The summed E-state index contributed by atoms with van der Waals surface area (Å²) in [5.41, 5.74) is 7.67. The van der Waals surface area contributed by atoms with Gasteiger partial charge >= 0.3 is 0 Å². The molecule has 1 saturated carbocycles. The van der Waals surface area contributed by atoms with E-state index in [2.05, 4.69) is 41.6 Å². The molecule has 1 aliphatic carbocycles. The smallest absolute Gasteiger partial charge is 0.242 e. The summed E-state index contributed by atoms with van der Waals surface area (Å²) in [7, 11) is 0. The lowest BCUT2D eigenvalue weighted by molar-refractivity contribution is -0.122. The molecule has 3 heterocycles. The van der Waals surface area contributed by atoms with Gasteiger partial charge in [-0.05, 0) is 29.3 Å². The molecule has 2 aromatic heterocycles. The summed E-state index contributed by atoms with van der Waals surface area (Å²) in [6.07, 6.45) is 6.71. The van der Waals surface area contributed by atoms with Crippen molar-refractivity contribution in [2.45, 2.75) is 64.3 Å². The number of anilines is 1. The highest BCUT2D eigenvalue weighted by molar-refractivity contribution is 5.75. The van der Waals surface area contributed by atoms with Crippen LogP contribution in [0.15, 0.2) is 6.07 Å². The van der Waals surface area contributed by atoms with Crippen LogP contribution in [-0.2, 0) is 31.0 Å². The number of nitrogens with one attached hydrogen (secondary N) is 1. The Morgan fingerprint density at radius 2 is 2.12 bits per heavy atom. The second kappa shape index (κ2) is 7.40. The number of tetrazole rings is 1. The van der Waals surface area contributed by atoms with E-state index >= 15 is 0 Å². The molecule has 0 unspecified atom stereocenters. The Bertz CT molecular complexity index is 762. The van der Waals surface area contributed by atoms with E-state index in [0.29, 0.717) is 6.54 Å². The van der Waals surface area contributed by atoms with E-state index in [1.807, 2.05) is 0 Å². The van der Waals surface area contributed by atoms with Crippen molar-refractivity contribution in [3.8, 4) is 0 Å². The Labute approximate surface area is 151 Å². The highest BCUT2D eigenvalue weighted by atomic mass is 16.2. The van der Waals surface area contributed by atoms with Gasteiger partial charge in [-0.2, -0.15) is 5.10 Å². The van der Waals surface area contributed by atoms with E-state index in [1.54, 1.807) is 0 Å². The quantitative estimate of drug-likeness (QED) is 0.766. The maximum absolute atomic E-state index is 12.0. The molecule has 10 heteroatoms. The first kappa shape index (κ1) is 17.0. The summed E-state index contributed by atoms with van der Waals surface area (Å²) < 4.78 is 3.33. The molecular formula is C16H25N9O. The summed E-state index contributed by atoms with van der Waals surface area (Å²) >= 11 is 0. The molecule has 26 heavy (non-hydrogen) atoms. The zero-order chi connectivity index (χ0) is 17.9. The molecule has 10 nitrogen and oxygen atoms in total. The molecule has 3 N–H and O–H groups in total. The summed E-state index contributed by atoms with van der Waals surface area (Å²) in [4.78, 5) is 14.6. The van der Waals surface area contributed by atoms with Gasteiger partial charge in [-0.25, -0.2) is 4.68 Å². The van der Waals surface area contributed by atoms with Gasteiger partial charge in [0.2, 0.25) is 11.9 Å². The molecule has 0 atom stereocenters. The number of hydrogen-bond donors (Lipinski definition) is 2. The maximum atomic E-state index is 12.0. The number of hydrogen-bond acceptors (Lipinski definition) is 7. The number of aromatic nitrogens is 6. The number of fused-ring (bicyclic) bond motifs is 1. The minimum atomic E-state index is -0.196. The molecule has 0 bridgehead atoms. The fourth-order valence-corrected chi connectivity index (χ4v) is 3.90. The molecule has 2 aliphatic rings. The number of amides is 1. The predicted molar refractivity (Wildman–Crippen MR) is 93.6 cm³/mol. The Kier molecular flexibility index (Phi) is 4.83. The van der Waals surface area contributed by atoms with Gasteiger partial charge < -0.3 is 11.1 Å². The molecule has 140 valence electrons. The van der Waals surface area contributed by atoms with E-state index in [-0.39, 0.29) is 18.4 Å². The van der Waals surface area contributed by atoms with Crippen molar-refractivity contribution in [3.05, 3.63) is 17.5 Å². The van der Waals surface area contributed by atoms with Crippen LogP contribution in [0, 0.1) is 0 Å². The number of carbonyl (C=O) groups is 1. The van der Waals surface area contributed by atoms with Crippen molar-refractivity contribution in [2.75, 3.05) is 12.3 Å². The third kappa shape index (κ3) is 3.69. The van der Waals surface area contributed by atoms with E-state index in [9.17, 15) is 4.79 Å². The summed E-state index contributed by atoms with van der Waals surface area (Å²) in [5, 5.41) is 18.1. The highest BCUT2D eigenvalue weighted by Crippen LogP contribution is 2.26. The lowest BCUT2D eigenvalue weighted by Crippen LogP contribution is -2.42. The number of carbonyl (C=O) groups excluding carboxylic acids is 1. The second-order valence-electron chi connectivity index (χ2n) is 7.08. The maximum Gasteiger partial charge on any atom is 0.242 e. The van der Waals surface area contributed by atoms with Crippen LogP contribution in [-0.4, -0.2) is 53.4 Å². The Morgan fingerprint density at radius 3 is 2.88 bits per heavy atom. The molecule has 1 aliphatic heterocycles. The summed E-state index contributed by atoms with van der Waals surface area (Å²) in [6.45, 7) is 3.32. The first-order chi connectivity index (χ1) is 12.7. The highest BCUT2D eigenvalue weighted by Gasteiger charge is 2.26. The largest absolute Gasteiger partial charge is 0.367 e. The van der Waals surface area contributed by atoms with Crippen molar-refractivity contribution in [3.63, 3.8) is 0 Å². The van der Waals surface area contributed by atoms with Crippen LogP contribution < -0.4 is 11.1 Å². The monoisotopic (exact) mass is 359 g/mol. The van der Waals surface area contributed by atoms with Crippen molar-refractivity contribution in [2.24, 2.45) is 0 Å². The number of nitrogen functional groups attached to an aromatic ring is 1. The van der Waals surface area contributed by atoms with Crippen LogP contribution in [0.25, 0.3) is 0 Å². The third-order valence-corrected chi connectivity index (χ3v) is 5.29.